The second-order valence-corrected chi connectivity index (χ2v) is 4.59. The molecular weight excluding hydrogens is 285 g/mol. The number of aryl methyl sites for hydroxylation is 1. The highest BCUT2D eigenvalue weighted by molar-refractivity contribution is 9.10. The van der Waals surface area contributed by atoms with Crippen LogP contribution < -0.4 is 0 Å². The number of pyridine rings is 1. The van der Waals surface area contributed by atoms with Gasteiger partial charge >= 0.3 is 0 Å². The Hall–Kier alpha value is -1.55. The second-order valence-electron chi connectivity index (χ2n) is 3.67. The van der Waals surface area contributed by atoms with Crippen molar-refractivity contribution < 1.29 is 9.18 Å². The summed E-state index contributed by atoms with van der Waals surface area (Å²) in [6.45, 7) is 1.86. The van der Waals surface area contributed by atoms with E-state index in [1.54, 1.807) is 24.4 Å². The molecule has 0 aliphatic heterocycles. The zero-order valence-corrected chi connectivity index (χ0v) is 10.7. The molecule has 17 heavy (non-hydrogen) atoms. The first-order valence-electron chi connectivity index (χ1n) is 5.00. The molecule has 0 saturated heterocycles. The van der Waals surface area contributed by atoms with Crippen molar-refractivity contribution in [2.75, 3.05) is 0 Å². The van der Waals surface area contributed by atoms with Crippen molar-refractivity contribution in [2.24, 2.45) is 0 Å². The van der Waals surface area contributed by atoms with Gasteiger partial charge in [0, 0.05) is 10.7 Å². The molecule has 0 fully saturated rings. The fraction of sp³-hybridized carbons (Fsp3) is 0.0769. The van der Waals surface area contributed by atoms with Crippen LogP contribution in [0.2, 0.25) is 0 Å². The molecule has 1 heterocycles. The van der Waals surface area contributed by atoms with Gasteiger partial charge in [-0.25, -0.2) is 4.39 Å². The summed E-state index contributed by atoms with van der Waals surface area (Å²) in [4.78, 5) is 16.0. The molecule has 0 aliphatic rings. The maximum absolute atomic E-state index is 13.5. The van der Waals surface area contributed by atoms with Gasteiger partial charge in [0.15, 0.2) is 0 Å². The van der Waals surface area contributed by atoms with Crippen molar-refractivity contribution in [1.29, 1.82) is 0 Å². The molecule has 86 valence electrons. The maximum atomic E-state index is 13.5. The zero-order valence-electron chi connectivity index (χ0n) is 9.08. The van der Waals surface area contributed by atoms with Gasteiger partial charge in [0.25, 0.3) is 0 Å². The summed E-state index contributed by atoms with van der Waals surface area (Å²) in [6, 6.07) is 7.70. The lowest BCUT2D eigenvalue weighted by atomic mass is 10.1. The number of nitrogens with zero attached hydrogens (tertiary/aromatic N) is 1. The molecule has 0 spiro atoms. The Morgan fingerprint density at radius 3 is 2.76 bits per heavy atom. The molecule has 4 heteroatoms. The van der Waals surface area contributed by atoms with Crippen LogP contribution in [0.25, 0.3) is 0 Å². The van der Waals surface area contributed by atoms with Crippen LogP contribution in [0.15, 0.2) is 41.0 Å². The molecule has 1 aromatic carbocycles. The van der Waals surface area contributed by atoms with Gasteiger partial charge < -0.3 is 0 Å². The summed E-state index contributed by atoms with van der Waals surface area (Å²) in [6.07, 6.45) is 1.54. The Balaban J connectivity index is 2.47. The SMILES string of the molecule is Cc1ccnc(C(=O)c2cc(Br)ccc2F)c1. The first-order chi connectivity index (χ1) is 8.08. The van der Waals surface area contributed by atoms with Gasteiger partial charge in [-0.2, -0.15) is 0 Å². The molecule has 1 aromatic heterocycles. The standard InChI is InChI=1S/C13H9BrFNO/c1-8-4-5-16-12(6-8)13(17)10-7-9(14)2-3-11(10)15/h2-7H,1H3. The Kier molecular flexibility index (Phi) is 3.33. The normalized spacial score (nSPS) is 10.3. The van der Waals surface area contributed by atoms with Crippen LogP contribution in [0.4, 0.5) is 4.39 Å². The summed E-state index contributed by atoms with van der Waals surface area (Å²) in [5, 5.41) is 0. The first kappa shape index (κ1) is 11.9. The van der Waals surface area contributed by atoms with Crippen molar-refractivity contribution in [3.8, 4) is 0 Å². The Morgan fingerprint density at radius 2 is 2.06 bits per heavy atom. The molecule has 0 radical (unpaired) electrons. The van der Waals surface area contributed by atoms with E-state index < -0.39 is 11.6 Å². The molecule has 0 amide bonds. The largest absolute Gasteiger partial charge is 0.287 e. The molecule has 0 atom stereocenters. The fourth-order valence-electron chi connectivity index (χ4n) is 1.47. The van der Waals surface area contributed by atoms with Crippen LogP contribution in [-0.4, -0.2) is 10.8 Å². The predicted molar refractivity (Wildman–Crippen MR) is 66.5 cm³/mol. The van der Waals surface area contributed by atoms with E-state index in [0.717, 1.165) is 5.56 Å². The van der Waals surface area contributed by atoms with E-state index in [2.05, 4.69) is 20.9 Å². The third-order valence-electron chi connectivity index (χ3n) is 2.32. The van der Waals surface area contributed by atoms with Crippen LogP contribution >= 0.6 is 15.9 Å². The topological polar surface area (TPSA) is 30.0 Å². The molecule has 0 saturated carbocycles. The minimum absolute atomic E-state index is 0.0254. The van der Waals surface area contributed by atoms with Gasteiger partial charge in [-0.3, -0.25) is 9.78 Å². The fourth-order valence-corrected chi connectivity index (χ4v) is 1.83. The minimum atomic E-state index is -0.540. The van der Waals surface area contributed by atoms with Gasteiger partial charge in [0.05, 0.1) is 5.56 Å². The van der Waals surface area contributed by atoms with Gasteiger partial charge in [-0.1, -0.05) is 15.9 Å². The van der Waals surface area contributed by atoms with Gasteiger partial charge in [-0.15, -0.1) is 0 Å². The van der Waals surface area contributed by atoms with Crippen LogP contribution in [0.3, 0.4) is 0 Å². The van der Waals surface area contributed by atoms with E-state index in [9.17, 15) is 9.18 Å². The lowest BCUT2D eigenvalue weighted by Gasteiger charge is -2.03. The van der Waals surface area contributed by atoms with Gasteiger partial charge in [0.2, 0.25) is 5.78 Å². The number of aromatic nitrogens is 1. The maximum Gasteiger partial charge on any atom is 0.214 e. The van der Waals surface area contributed by atoms with E-state index in [1.807, 2.05) is 6.92 Å². The predicted octanol–water partition coefficient (Wildman–Crippen LogP) is 3.52. The second kappa shape index (κ2) is 4.75. The lowest BCUT2D eigenvalue weighted by molar-refractivity contribution is 0.103. The number of rotatable bonds is 2. The third-order valence-corrected chi connectivity index (χ3v) is 2.81. The van der Waals surface area contributed by atoms with E-state index in [0.29, 0.717) is 4.47 Å². The summed E-state index contributed by atoms with van der Waals surface area (Å²) in [5.74, 6) is -0.950. The number of hydrogen-bond donors (Lipinski definition) is 0. The monoisotopic (exact) mass is 293 g/mol. The molecule has 0 unspecified atom stereocenters. The Morgan fingerprint density at radius 1 is 1.29 bits per heavy atom. The van der Waals surface area contributed by atoms with Gasteiger partial charge in [-0.05, 0) is 42.8 Å². The van der Waals surface area contributed by atoms with Crippen LogP contribution in [0.1, 0.15) is 21.6 Å². The van der Waals surface area contributed by atoms with Crippen LogP contribution in [-0.2, 0) is 0 Å². The summed E-state index contributed by atoms with van der Waals surface area (Å²) >= 11 is 3.21. The van der Waals surface area contributed by atoms with E-state index >= 15 is 0 Å². The van der Waals surface area contributed by atoms with E-state index in [1.165, 1.54) is 12.1 Å². The smallest absolute Gasteiger partial charge is 0.214 e. The molecule has 0 bridgehead atoms. The van der Waals surface area contributed by atoms with Crippen molar-refractivity contribution in [2.45, 2.75) is 6.92 Å². The lowest BCUT2D eigenvalue weighted by Crippen LogP contribution is -2.06. The van der Waals surface area contributed by atoms with Crippen LogP contribution in [0.5, 0.6) is 0 Å². The van der Waals surface area contributed by atoms with E-state index in [4.69, 9.17) is 0 Å². The quantitative estimate of drug-likeness (QED) is 0.793. The molecular formula is C13H9BrFNO. The zero-order chi connectivity index (χ0) is 12.4. The number of carbonyl (C=O) groups is 1. The average Bonchev–Trinajstić information content (AvgIpc) is 2.31. The van der Waals surface area contributed by atoms with Crippen molar-refractivity contribution >= 4 is 21.7 Å². The van der Waals surface area contributed by atoms with Crippen LogP contribution in [0, 0.1) is 12.7 Å². The summed E-state index contributed by atoms with van der Waals surface area (Å²) < 4.78 is 14.2. The Labute approximate surface area is 107 Å². The third kappa shape index (κ3) is 2.58. The van der Waals surface area contributed by atoms with Crippen molar-refractivity contribution in [1.82, 2.24) is 4.98 Å². The van der Waals surface area contributed by atoms with E-state index in [-0.39, 0.29) is 11.3 Å². The molecule has 2 rings (SSSR count). The number of ketones is 1. The average molecular weight is 294 g/mol. The number of carbonyl (C=O) groups excluding carboxylic acids is 1. The molecule has 2 aromatic rings. The highest BCUT2D eigenvalue weighted by Crippen LogP contribution is 2.18. The van der Waals surface area contributed by atoms with Crippen molar-refractivity contribution in [3.05, 3.63) is 63.6 Å². The van der Waals surface area contributed by atoms with Gasteiger partial charge in [0.1, 0.15) is 11.5 Å². The number of halogens is 2. The van der Waals surface area contributed by atoms with Crippen molar-refractivity contribution in [3.63, 3.8) is 0 Å². The summed E-state index contributed by atoms with van der Waals surface area (Å²) in [5.41, 5.74) is 1.19. The highest BCUT2D eigenvalue weighted by Gasteiger charge is 2.15. The Bertz CT molecular complexity index is 583. The number of benzene rings is 1. The first-order valence-corrected chi connectivity index (χ1v) is 5.79. The summed E-state index contributed by atoms with van der Waals surface area (Å²) in [7, 11) is 0. The molecule has 0 aliphatic carbocycles. The molecule has 0 N–H and O–H groups in total. The number of hydrogen-bond acceptors (Lipinski definition) is 2. The highest BCUT2D eigenvalue weighted by atomic mass is 79.9. The molecule has 2 nitrogen and oxygen atoms in total. The minimum Gasteiger partial charge on any atom is -0.287 e.